The highest BCUT2D eigenvalue weighted by Gasteiger charge is 2.29. The van der Waals surface area contributed by atoms with E-state index in [4.69, 9.17) is 10.2 Å². The number of aliphatic carboxylic acids is 1. The van der Waals surface area contributed by atoms with Crippen molar-refractivity contribution in [2.75, 3.05) is 19.7 Å². The molecule has 1 aliphatic heterocycles. The lowest BCUT2D eigenvalue weighted by Gasteiger charge is -2.37. The van der Waals surface area contributed by atoms with Crippen LogP contribution in [0.25, 0.3) is 0 Å². The summed E-state index contributed by atoms with van der Waals surface area (Å²) in [7, 11) is 0. The van der Waals surface area contributed by atoms with E-state index in [1.54, 1.807) is 4.90 Å². The van der Waals surface area contributed by atoms with Gasteiger partial charge in [0.1, 0.15) is 0 Å². The van der Waals surface area contributed by atoms with Crippen molar-refractivity contribution in [3.05, 3.63) is 0 Å². The fourth-order valence-corrected chi connectivity index (χ4v) is 1.74. The fourth-order valence-electron chi connectivity index (χ4n) is 1.74. The smallest absolute Gasteiger partial charge is 0.328 e. The Morgan fingerprint density at radius 3 is 2.29 bits per heavy atom. The third-order valence-electron chi connectivity index (χ3n) is 3.18. The number of nitrogens with zero attached hydrogens (tertiary/aromatic N) is 1. The number of carbonyl (C=O) groups excluding carboxylic acids is 1. The zero-order chi connectivity index (χ0) is 13.1. The normalized spacial score (nSPS) is 20.8. The number of amides is 2. The van der Waals surface area contributed by atoms with Crippen molar-refractivity contribution in [3.63, 3.8) is 0 Å². The van der Waals surface area contributed by atoms with Gasteiger partial charge in [0.05, 0.1) is 6.61 Å². The van der Waals surface area contributed by atoms with Gasteiger partial charge in [-0.3, -0.25) is 0 Å². The SMILES string of the molecule is CC1(C)CCN(C(=O)N[C@@H](CO)C(=O)O)CC1. The van der Waals surface area contributed by atoms with E-state index in [9.17, 15) is 9.59 Å². The summed E-state index contributed by atoms with van der Waals surface area (Å²) in [5.74, 6) is -1.22. The van der Waals surface area contributed by atoms with Gasteiger partial charge in [0.25, 0.3) is 0 Å². The van der Waals surface area contributed by atoms with Gasteiger partial charge >= 0.3 is 12.0 Å². The van der Waals surface area contributed by atoms with Crippen molar-refractivity contribution in [2.45, 2.75) is 32.7 Å². The number of carbonyl (C=O) groups is 2. The number of hydrogen-bond acceptors (Lipinski definition) is 3. The fraction of sp³-hybridized carbons (Fsp3) is 0.818. The molecule has 17 heavy (non-hydrogen) atoms. The van der Waals surface area contributed by atoms with Crippen LogP contribution < -0.4 is 5.32 Å². The highest BCUT2D eigenvalue weighted by molar-refractivity contribution is 5.82. The highest BCUT2D eigenvalue weighted by atomic mass is 16.4. The molecule has 1 fully saturated rings. The van der Waals surface area contributed by atoms with Gasteiger partial charge in [-0.1, -0.05) is 13.8 Å². The van der Waals surface area contributed by atoms with Crippen molar-refractivity contribution >= 4 is 12.0 Å². The minimum Gasteiger partial charge on any atom is -0.480 e. The van der Waals surface area contributed by atoms with Crippen LogP contribution in [-0.4, -0.2) is 52.9 Å². The van der Waals surface area contributed by atoms with Gasteiger partial charge in [-0.2, -0.15) is 0 Å². The first kappa shape index (κ1) is 13.8. The van der Waals surface area contributed by atoms with Gasteiger partial charge in [-0.15, -0.1) is 0 Å². The number of urea groups is 1. The Morgan fingerprint density at radius 1 is 1.35 bits per heavy atom. The molecule has 6 nitrogen and oxygen atoms in total. The van der Waals surface area contributed by atoms with Crippen LogP contribution in [0.4, 0.5) is 4.79 Å². The van der Waals surface area contributed by atoms with Crippen LogP contribution in [0.3, 0.4) is 0 Å². The average molecular weight is 244 g/mol. The number of hydrogen-bond donors (Lipinski definition) is 3. The topological polar surface area (TPSA) is 89.9 Å². The van der Waals surface area contributed by atoms with Crippen LogP contribution in [0.2, 0.25) is 0 Å². The number of aliphatic hydroxyl groups is 1. The number of piperidine rings is 1. The lowest BCUT2D eigenvalue weighted by molar-refractivity contribution is -0.140. The third-order valence-corrected chi connectivity index (χ3v) is 3.18. The number of aliphatic hydroxyl groups excluding tert-OH is 1. The summed E-state index contributed by atoms with van der Waals surface area (Å²) in [6.45, 7) is 4.94. The summed E-state index contributed by atoms with van der Waals surface area (Å²) in [5, 5.41) is 19.8. The van der Waals surface area contributed by atoms with E-state index < -0.39 is 24.6 Å². The Hall–Kier alpha value is -1.30. The zero-order valence-corrected chi connectivity index (χ0v) is 10.3. The molecule has 0 bridgehead atoms. The van der Waals surface area contributed by atoms with E-state index in [1.807, 2.05) is 0 Å². The minimum atomic E-state index is -1.22. The maximum Gasteiger partial charge on any atom is 0.328 e. The second kappa shape index (κ2) is 5.35. The van der Waals surface area contributed by atoms with Crippen LogP contribution in [0, 0.1) is 5.41 Å². The van der Waals surface area contributed by atoms with Crippen molar-refractivity contribution in [2.24, 2.45) is 5.41 Å². The Labute approximate surface area is 101 Å². The van der Waals surface area contributed by atoms with Crippen molar-refractivity contribution < 1.29 is 19.8 Å². The van der Waals surface area contributed by atoms with Crippen molar-refractivity contribution in [1.82, 2.24) is 10.2 Å². The first-order valence-corrected chi connectivity index (χ1v) is 5.75. The second-order valence-corrected chi connectivity index (χ2v) is 5.17. The molecule has 2 amide bonds. The van der Waals surface area contributed by atoms with E-state index in [2.05, 4.69) is 19.2 Å². The lowest BCUT2D eigenvalue weighted by atomic mass is 9.83. The Kier molecular flexibility index (Phi) is 4.34. The Morgan fingerprint density at radius 2 is 1.88 bits per heavy atom. The number of rotatable bonds is 3. The van der Waals surface area contributed by atoms with Gasteiger partial charge < -0.3 is 20.4 Å². The molecule has 0 spiro atoms. The molecule has 0 unspecified atom stereocenters. The molecular weight excluding hydrogens is 224 g/mol. The first-order valence-electron chi connectivity index (χ1n) is 5.75. The molecule has 0 radical (unpaired) electrons. The van der Waals surface area contributed by atoms with E-state index in [1.165, 1.54) is 0 Å². The largest absolute Gasteiger partial charge is 0.480 e. The third kappa shape index (κ3) is 3.89. The number of nitrogens with one attached hydrogen (secondary N) is 1. The molecule has 0 saturated carbocycles. The molecule has 1 heterocycles. The summed E-state index contributed by atoms with van der Waals surface area (Å²) in [5.41, 5.74) is 0.236. The predicted molar refractivity (Wildman–Crippen MR) is 61.6 cm³/mol. The van der Waals surface area contributed by atoms with Gasteiger partial charge in [-0.25, -0.2) is 9.59 Å². The molecular formula is C11H20N2O4. The Bertz CT molecular complexity index is 294. The van der Waals surface area contributed by atoms with E-state index in [-0.39, 0.29) is 5.41 Å². The molecule has 0 aliphatic carbocycles. The molecule has 6 heteroatoms. The maximum absolute atomic E-state index is 11.7. The lowest BCUT2D eigenvalue weighted by Crippen LogP contribution is -2.52. The van der Waals surface area contributed by atoms with E-state index in [0.29, 0.717) is 13.1 Å². The number of carboxylic acids is 1. The predicted octanol–water partition coefficient (Wildman–Crippen LogP) is 0.263. The second-order valence-electron chi connectivity index (χ2n) is 5.17. The number of carboxylic acid groups (broad SMARTS) is 1. The molecule has 1 rings (SSSR count). The average Bonchev–Trinajstić information content (AvgIpc) is 2.25. The Balaban J connectivity index is 2.46. The van der Waals surface area contributed by atoms with Crippen LogP contribution in [0.1, 0.15) is 26.7 Å². The van der Waals surface area contributed by atoms with Crippen LogP contribution in [0.15, 0.2) is 0 Å². The van der Waals surface area contributed by atoms with E-state index in [0.717, 1.165) is 12.8 Å². The zero-order valence-electron chi connectivity index (χ0n) is 10.3. The molecule has 0 aromatic heterocycles. The quantitative estimate of drug-likeness (QED) is 0.664. The standard InChI is InChI=1S/C11H20N2O4/c1-11(2)3-5-13(6-4-11)10(17)12-8(7-14)9(15)16/h8,14H,3-7H2,1-2H3,(H,12,17)(H,15,16)/t8-/m0/s1. The molecule has 98 valence electrons. The molecule has 1 saturated heterocycles. The monoisotopic (exact) mass is 244 g/mol. The number of likely N-dealkylation sites (tertiary alicyclic amines) is 1. The summed E-state index contributed by atoms with van der Waals surface area (Å²) >= 11 is 0. The molecule has 0 aromatic rings. The maximum atomic E-state index is 11.7. The summed E-state index contributed by atoms with van der Waals surface area (Å²) in [6.07, 6.45) is 1.80. The van der Waals surface area contributed by atoms with Crippen LogP contribution in [0.5, 0.6) is 0 Å². The molecule has 0 aromatic carbocycles. The van der Waals surface area contributed by atoms with Gasteiger partial charge in [0.15, 0.2) is 6.04 Å². The van der Waals surface area contributed by atoms with Gasteiger partial charge in [0.2, 0.25) is 0 Å². The van der Waals surface area contributed by atoms with E-state index >= 15 is 0 Å². The molecule has 3 N–H and O–H groups in total. The van der Waals surface area contributed by atoms with Crippen LogP contribution in [-0.2, 0) is 4.79 Å². The highest BCUT2D eigenvalue weighted by Crippen LogP contribution is 2.29. The molecule has 1 atom stereocenters. The van der Waals surface area contributed by atoms with Crippen molar-refractivity contribution in [3.8, 4) is 0 Å². The minimum absolute atomic E-state index is 0.236. The van der Waals surface area contributed by atoms with Crippen molar-refractivity contribution in [1.29, 1.82) is 0 Å². The first-order chi connectivity index (χ1) is 7.85. The van der Waals surface area contributed by atoms with Gasteiger partial charge in [-0.05, 0) is 18.3 Å². The summed E-state index contributed by atoms with van der Waals surface area (Å²) < 4.78 is 0. The molecule has 1 aliphatic rings. The summed E-state index contributed by atoms with van der Waals surface area (Å²) in [6, 6.07) is -1.64. The van der Waals surface area contributed by atoms with Gasteiger partial charge in [0, 0.05) is 13.1 Å². The van der Waals surface area contributed by atoms with Crippen LogP contribution >= 0.6 is 0 Å². The summed E-state index contributed by atoms with van der Waals surface area (Å²) in [4.78, 5) is 24.0.